The number of carbonyl (C=O) groups excluding carboxylic acids is 2. The Hall–Kier alpha value is -1.97. The predicted molar refractivity (Wildman–Crippen MR) is 86.0 cm³/mol. The first-order valence-corrected chi connectivity index (χ1v) is 7.86. The zero-order valence-corrected chi connectivity index (χ0v) is 13.2. The summed E-state index contributed by atoms with van der Waals surface area (Å²) in [5.74, 6) is -0.977. The van der Waals surface area contributed by atoms with Gasteiger partial charge in [0.1, 0.15) is 11.9 Å². The van der Waals surface area contributed by atoms with Gasteiger partial charge in [-0.2, -0.15) is 0 Å². The van der Waals surface area contributed by atoms with Gasteiger partial charge in [0.2, 0.25) is 11.8 Å². The molecule has 1 heterocycles. The molecule has 7 nitrogen and oxygen atoms in total. The van der Waals surface area contributed by atoms with Crippen LogP contribution in [0.25, 0.3) is 0 Å². The highest BCUT2D eigenvalue weighted by atomic mass is 19.1. The third kappa shape index (κ3) is 5.02. The predicted octanol–water partition coefficient (Wildman–Crippen LogP) is -0.965. The molecule has 0 aliphatic carbocycles. The smallest absolute Gasteiger partial charge is 0.426 e. The molecule has 1 atom stereocenters. The van der Waals surface area contributed by atoms with Crippen molar-refractivity contribution in [3.05, 3.63) is 35.6 Å². The molecule has 4 N–H and O–H groups in total. The van der Waals surface area contributed by atoms with Crippen molar-refractivity contribution in [3.8, 4) is 0 Å². The van der Waals surface area contributed by atoms with E-state index in [4.69, 9.17) is 10.0 Å². The summed E-state index contributed by atoms with van der Waals surface area (Å²) >= 11 is 0. The second-order valence-electron chi connectivity index (χ2n) is 5.67. The van der Waals surface area contributed by atoms with E-state index >= 15 is 0 Å². The van der Waals surface area contributed by atoms with E-state index in [0.29, 0.717) is 24.9 Å². The van der Waals surface area contributed by atoms with Crippen LogP contribution in [0.1, 0.15) is 18.4 Å². The lowest BCUT2D eigenvalue weighted by Crippen LogP contribution is -2.50. The molecule has 130 valence electrons. The molecule has 1 aromatic carbocycles. The van der Waals surface area contributed by atoms with Crippen molar-refractivity contribution < 1.29 is 24.0 Å². The number of halogens is 1. The van der Waals surface area contributed by atoms with Crippen LogP contribution in [-0.4, -0.2) is 59.5 Å². The van der Waals surface area contributed by atoms with Gasteiger partial charge < -0.3 is 25.6 Å². The highest BCUT2D eigenvalue weighted by molar-refractivity contribution is 6.41. The number of rotatable bonds is 7. The molecule has 0 saturated carbocycles. The summed E-state index contributed by atoms with van der Waals surface area (Å²) in [4.78, 5) is 25.7. The summed E-state index contributed by atoms with van der Waals surface area (Å²) < 4.78 is 13.5. The maximum atomic E-state index is 13.5. The highest BCUT2D eigenvalue weighted by Gasteiger charge is 2.33. The molecule has 9 heteroatoms. The number of amides is 2. The molecule has 1 aliphatic rings. The largest absolute Gasteiger partial charge is 0.472 e. The Kier molecular flexibility index (Phi) is 6.71. The van der Waals surface area contributed by atoms with Gasteiger partial charge in [-0.1, -0.05) is 18.2 Å². The van der Waals surface area contributed by atoms with Gasteiger partial charge in [-0.3, -0.25) is 9.59 Å². The second kappa shape index (κ2) is 8.77. The molecule has 1 saturated heterocycles. The Morgan fingerprint density at radius 3 is 2.79 bits per heavy atom. The van der Waals surface area contributed by atoms with Crippen molar-refractivity contribution in [2.45, 2.75) is 25.4 Å². The van der Waals surface area contributed by atoms with Crippen LogP contribution in [0.2, 0.25) is 0 Å². The van der Waals surface area contributed by atoms with Crippen molar-refractivity contribution in [1.29, 1.82) is 0 Å². The summed E-state index contributed by atoms with van der Waals surface area (Å²) in [6.07, 6.45) is 0.966. The summed E-state index contributed by atoms with van der Waals surface area (Å²) in [5, 5.41) is 22.9. The van der Waals surface area contributed by atoms with Crippen molar-refractivity contribution in [1.82, 2.24) is 15.5 Å². The zero-order valence-electron chi connectivity index (χ0n) is 13.2. The van der Waals surface area contributed by atoms with Crippen molar-refractivity contribution in [2.75, 3.05) is 19.5 Å². The first-order valence-electron chi connectivity index (χ1n) is 7.86. The van der Waals surface area contributed by atoms with Gasteiger partial charge in [-0.05, 0) is 18.9 Å². The fraction of sp³-hybridized carbons (Fsp3) is 0.467. The van der Waals surface area contributed by atoms with Crippen molar-refractivity contribution in [2.24, 2.45) is 0 Å². The Morgan fingerprint density at radius 2 is 2.08 bits per heavy atom. The molecule has 1 fully saturated rings. The lowest BCUT2D eigenvalue weighted by atomic mass is 9.92. The number of benzene rings is 1. The Bertz CT molecular complexity index is 588. The second-order valence-corrected chi connectivity index (χ2v) is 5.67. The Labute approximate surface area is 140 Å². The van der Waals surface area contributed by atoms with E-state index in [-0.39, 0.29) is 31.3 Å². The van der Waals surface area contributed by atoms with Crippen LogP contribution in [0.5, 0.6) is 0 Å². The van der Waals surface area contributed by atoms with Gasteiger partial charge in [0.05, 0.1) is 13.0 Å². The summed E-state index contributed by atoms with van der Waals surface area (Å²) in [5.41, 5.74) is 0.470. The number of nitrogens with zero attached hydrogens (tertiary/aromatic N) is 1. The number of carbonyl (C=O) groups is 2. The first kappa shape index (κ1) is 18.4. The minimum atomic E-state index is -1.62. The van der Waals surface area contributed by atoms with Gasteiger partial charge in [0, 0.05) is 18.7 Å². The van der Waals surface area contributed by atoms with Crippen molar-refractivity contribution >= 4 is 18.9 Å². The molecular weight excluding hydrogens is 316 g/mol. The molecule has 1 aliphatic heterocycles. The maximum absolute atomic E-state index is 13.5. The third-order valence-electron chi connectivity index (χ3n) is 3.88. The van der Waals surface area contributed by atoms with Crippen LogP contribution in [-0.2, 0) is 16.1 Å². The highest BCUT2D eigenvalue weighted by Crippen LogP contribution is 2.17. The molecular formula is C15H21BFN3O4. The van der Waals surface area contributed by atoms with E-state index in [2.05, 4.69) is 10.6 Å². The van der Waals surface area contributed by atoms with Crippen LogP contribution in [0, 0.1) is 5.82 Å². The summed E-state index contributed by atoms with van der Waals surface area (Å²) in [7, 11) is -1.62. The van der Waals surface area contributed by atoms with Crippen LogP contribution in [0.4, 0.5) is 4.39 Å². The fourth-order valence-corrected chi connectivity index (χ4v) is 2.69. The van der Waals surface area contributed by atoms with Crippen molar-refractivity contribution in [3.63, 3.8) is 0 Å². The monoisotopic (exact) mass is 337 g/mol. The minimum Gasteiger partial charge on any atom is -0.426 e. The van der Waals surface area contributed by atoms with E-state index in [9.17, 15) is 14.0 Å². The molecule has 2 rings (SSSR count). The average Bonchev–Trinajstić information content (AvgIpc) is 3.04. The minimum absolute atomic E-state index is 0.000733. The van der Waals surface area contributed by atoms with E-state index < -0.39 is 19.1 Å². The molecule has 24 heavy (non-hydrogen) atoms. The molecule has 0 bridgehead atoms. The first-order chi connectivity index (χ1) is 11.5. The van der Waals surface area contributed by atoms with E-state index in [1.807, 2.05) is 0 Å². The van der Waals surface area contributed by atoms with Gasteiger partial charge in [-0.15, -0.1) is 0 Å². The van der Waals surface area contributed by atoms with E-state index in [0.717, 1.165) is 0 Å². The molecule has 0 radical (unpaired) electrons. The molecule has 1 aromatic rings. The number of nitrogens with one attached hydrogen (secondary N) is 2. The van der Waals surface area contributed by atoms with Gasteiger partial charge in [0.15, 0.2) is 0 Å². The number of likely N-dealkylation sites (tertiary alicyclic amines) is 1. The third-order valence-corrected chi connectivity index (χ3v) is 3.88. The Morgan fingerprint density at radius 1 is 1.33 bits per heavy atom. The summed E-state index contributed by atoms with van der Waals surface area (Å²) in [6.45, 7) is 0.695. The Balaban J connectivity index is 1.82. The average molecular weight is 337 g/mol. The van der Waals surface area contributed by atoms with Crippen LogP contribution < -0.4 is 10.6 Å². The zero-order chi connectivity index (χ0) is 17.5. The van der Waals surface area contributed by atoms with Crippen LogP contribution in [0.3, 0.4) is 0 Å². The quantitative estimate of drug-likeness (QED) is 0.480. The number of hydrogen-bond acceptors (Lipinski definition) is 5. The maximum Gasteiger partial charge on any atom is 0.472 e. The number of hydrogen-bond donors (Lipinski definition) is 4. The lowest BCUT2D eigenvalue weighted by molar-refractivity contribution is -0.137. The normalized spacial score (nSPS) is 17.0. The van der Waals surface area contributed by atoms with Gasteiger partial charge in [-0.25, -0.2) is 4.39 Å². The SMILES string of the molecule is O=C(NCB(O)O)C1CCCN1C(=O)CNCc1ccccc1F. The summed E-state index contributed by atoms with van der Waals surface area (Å²) in [6, 6.07) is 5.71. The topological polar surface area (TPSA) is 102 Å². The van der Waals surface area contributed by atoms with E-state index in [1.54, 1.807) is 18.2 Å². The fourth-order valence-electron chi connectivity index (χ4n) is 2.69. The van der Waals surface area contributed by atoms with Gasteiger partial charge >= 0.3 is 7.12 Å². The standard InChI is InChI=1S/C15H21BFN3O4/c17-12-5-2-1-4-11(12)8-18-9-14(21)20-7-3-6-13(20)15(22)19-10-16(23)24/h1-2,4-5,13,18,23-24H,3,6-10H2,(H,19,22). The molecule has 0 spiro atoms. The molecule has 1 unspecified atom stereocenters. The van der Waals surface area contributed by atoms with Gasteiger partial charge in [0.25, 0.3) is 0 Å². The molecule has 0 aromatic heterocycles. The lowest BCUT2D eigenvalue weighted by Gasteiger charge is -2.24. The molecule has 2 amide bonds. The van der Waals surface area contributed by atoms with Crippen LogP contribution in [0.15, 0.2) is 24.3 Å². The van der Waals surface area contributed by atoms with Crippen LogP contribution >= 0.6 is 0 Å². The van der Waals surface area contributed by atoms with E-state index in [1.165, 1.54) is 11.0 Å².